The zero-order valence-corrected chi connectivity index (χ0v) is 12.2. The largest absolute Gasteiger partial charge is 0.371 e. The highest BCUT2D eigenvalue weighted by Gasteiger charge is 2.11. The second-order valence-electron chi connectivity index (χ2n) is 4.57. The Morgan fingerprint density at radius 1 is 1.41 bits per heavy atom. The number of hydrogen-bond acceptors (Lipinski definition) is 3. The summed E-state index contributed by atoms with van der Waals surface area (Å²) in [5.41, 5.74) is 9.58. The van der Waals surface area contributed by atoms with Gasteiger partial charge in [-0.2, -0.15) is 11.8 Å². The molecule has 0 aliphatic rings. The molecule has 1 rings (SSSR count). The minimum atomic E-state index is 0.559. The minimum absolute atomic E-state index is 0.559. The number of nitrogens with two attached hydrogens (primary N) is 1. The lowest BCUT2D eigenvalue weighted by Gasteiger charge is -2.28. The van der Waals surface area contributed by atoms with Crippen molar-refractivity contribution in [3.05, 3.63) is 29.3 Å². The summed E-state index contributed by atoms with van der Waals surface area (Å²) in [5, 5.41) is 0. The molecule has 2 nitrogen and oxygen atoms in total. The molecular formula is C14H24N2S. The maximum atomic E-state index is 5.58. The van der Waals surface area contributed by atoms with E-state index in [1.165, 1.54) is 16.8 Å². The molecule has 0 heterocycles. The Morgan fingerprint density at radius 3 is 2.65 bits per heavy atom. The molecule has 0 spiro atoms. The zero-order chi connectivity index (χ0) is 12.8. The zero-order valence-electron chi connectivity index (χ0n) is 11.4. The van der Waals surface area contributed by atoms with E-state index in [0.29, 0.717) is 6.04 Å². The van der Waals surface area contributed by atoms with Crippen molar-refractivity contribution >= 4 is 17.4 Å². The van der Waals surface area contributed by atoms with Crippen LogP contribution in [-0.2, 0) is 6.42 Å². The summed E-state index contributed by atoms with van der Waals surface area (Å²) < 4.78 is 0. The van der Waals surface area contributed by atoms with E-state index < -0.39 is 0 Å². The van der Waals surface area contributed by atoms with Gasteiger partial charge in [-0.05, 0) is 50.3 Å². The summed E-state index contributed by atoms with van der Waals surface area (Å²) in [6.45, 7) is 5.17. The van der Waals surface area contributed by atoms with Gasteiger partial charge in [0.1, 0.15) is 0 Å². The summed E-state index contributed by atoms with van der Waals surface area (Å²) in [6.07, 6.45) is 3.12. The van der Waals surface area contributed by atoms with Crippen LogP contribution in [0.1, 0.15) is 18.1 Å². The van der Waals surface area contributed by atoms with E-state index in [-0.39, 0.29) is 0 Å². The first kappa shape index (κ1) is 14.4. The molecule has 0 fully saturated rings. The molecule has 1 aromatic rings. The lowest BCUT2D eigenvalue weighted by molar-refractivity contribution is 0.762. The van der Waals surface area contributed by atoms with Gasteiger partial charge in [0.2, 0.25) is 0 Å². The van der Waals surface area contributed by atoms with Crippen molar-refractivity contribution in [3.63, 3.8) is 0 Å². The Kier molecular flexibility index (Phi) is 5.86. The molecule has 1 aromatic carbocycles. The van der Waals surface area contributed by atoms with Crippen LogP contribution in [0, 0.1) is 6.92 Å². The monoisotopic (exact) mass is 252 g/mol. The lowest BCUT2D eigenvalue weighted by Crippen LogP contribution is -2.31. The maximum absolute atomic E-state index is 5.58. The molecule has 0 saturated heterocycles. The van der Waals surface area contributed by atoms with Gasteiger partial charge in [-0.3, -0.25) is 0 Å². The third-order valence-corrected chi connectivity index (χ3v) is 3.96. The second kappa shape index (κ2) is 6.92. The van der Waals surface area contributed by atoms with Crippen molar-refractivity contribution < 1.29 is 0 Å². The fourth-order valence-corrected chi connectivity index (χ4v) is 2.73. The molecule has 0 aliphatic heterocycles. The number of anilines is 1. The Balaban J connectivity index is 2.83. The van der Waals surface area contributed by atoms with Gasteiger partial charge < -0.3 is 10.6 Å². The summed E-state index contributed by atoms with van der Waals surface area (Å²) in [7, 11) is 2.17. The Hall–Kier alpha value is -0.670. The standard InChI is InChI=1S/C14H24N2S/c1-11-9-13(7-8-15)5-6-14(11)16(3)12(2)10-17-4/h5-6,9,12H,7-8,10,15H2,1-4H3. The highest BCUT2D eigenvalue weighted by atomic mass is 32.2. The van der Waals surface area contributed by atoms with Crippen LogP contribution in [0.25, 0.3) is 0 Å². The fourth-order valence-electron chi connectivity index (χ4n) is 2.03. The van der Waals surface area contributed by atoms with Crippen LogP contribution in [0.15, 0.2) is 18.2 Å². The van der Waals surface area contributed by atoms with E-state index in [0.717, 1.165) is 18.7 Å². The van der Waals surface area contributed by atoms with Crippen LogP contribution < -0.4 is 10.6 Å². The van der Waals surface area contributed by atoms with Gasteiger partial charge in [0.15, 0.2) is 0 Å². The third kappa shape index (κ3) is 3.93. The fraction of sp³-hybridized carbons (Fsp3) is 0.571. The summed E-state index contributed by atoms with van der Waals surface area (Å²) in [4.78, 5) is 2.36. The molecule has 0 amide bonds. The summed E-state index contributed by atoms with van der Waals surface area (Å²) >= 11 is 1.89. The molecule has 0 bridgehead atoms. The van der Waals surface area contributed by atoms with Gasteiger partial charge >= 0.3 is 0 Å². The highest BCUT2D eigenvalue weighted by molar-refractivity contribution is 7.98. The van der Waals surface area contributed by atoms with E-state index in [1.807, 2.05) is 11.8 Å². The number of rotatable bonds is 6. The van der Waals surface area contributed by atoms with Crippen LogP contribution >= 0.6 is 11.8 Å². The SMILES string of the molecule is CSCC(C)N(C)c1ccc(CCN)cc1C. The van der Waals surface area contributed by atoms with Crippen LogP contribution in [-0.4, -0.2) is 31.6 Å². The molecule has 2 N–H and O–H groups in total. The van der Waals surface area contributed by atoms with Crippen LogP contribution in [0.5, 0.6) is 0 Å². The number of nitrogens with zero attached hydrogens (tertiary/aromatic N) is 1. The molecule has 1 atom stereocenters. The molecule has 96 valence electrons. The van der Waals surface area contributed by atoms with Gasteiger partial charge in [-0.15, -0.1) is 0 Å². The van der Waals surface area contributed by atoms with Gasteiger partial charge in [-0.25, -0.2) is 0 Å². The maximum Gasteiger partial charge on any atom is 0.0396 e. The average Bonchev–Trinajstić information content (AvgIpc) is 2.29. The summed E-state index contributed by atoms with van der Waals surface area (Å²) in [6, 6.07) is 7.23. The smallest absolute Gasteiger partial charge is 0.0396 e. The lowest BCUT2D eigenvalue weighted by atomic mass is 10.1. The number of aryl methyl sites for hydroxylation is 1. The minimum Gasteiger partial charge on any atom is -0.371 e. The molecule has 0 radical (unpaired) electrons. The predicted molar refractivity (Wildman–Crippen MR) is 80.2 cm³/mol. The Labute approximate surface area is 110 Å². The first-order valence-electron chi connectivity index (χ1n) is 6.11. The molecule has 0 saturated carbocycles. The first-order valence-corrected chi connectivity index (χ1v) is 7.51. The van der Waals surface area contributed by atoms with Gasteiger partial charge in [0.25, 0.3) is 0 Å². The predicted octanol–water partition coefficient (Wildman–Crippen LogP) is 2.68. The van der Waals surface area contributed by atoms with Crippen molar-refractivity contribution in [3.8, 4) is 0 Å². The molecular weight excluding hydrogens is 228 g/mol. The van der Waals surface area contributed by atoms with Crippen molar-refractivity contribution in [2.45, 2.75) is 26.3 Å². The van der Waals surface area contributed by atoms with Gasteiger partial charge in [0, 0.05) is 24.5 Å². The second-order valence-corrected chi connectivity index (χ2v) is 5.49. The molecule has 17 heavy (non-hydrogen) atoms. The molecule has 1 unspecified atom stereocenters. The van der Waals surface area contributed by atoms with Crippen molar-refractivity contribution in [2.24, 2.45) is 5.73 Å². The van der Waals surface area contributed by atoms with E-state index in [2.05, 4.69) is 50.2 Å². The molecule has 3 heteroatoms. The quantitative estimate of drug-likeness (QED) is 0.844. The first-order chi connectivity index (χ1) is 8.10. The molecule has 0 aliphatic carbocycles. The van der Waals surface area contributed by atoms with E-state index in [9.17, 15) is 0 Å². The van der Waals surface area contributed by atoms with Crippen LogP contribution in [0.4, 0.5) is 5.69 Å². The highest BCUT2D eigenvalue weighted by Crippen LogP contribution is 2.23. The van der Waals surface area contributed by atoms with Gasteiger partial charge in [0.05, 0.1) is 0 Å². The van der Waals surface area contributed by atoms with Crippen LogP contribution in [0.3, 0.4) is 0 Å². The number of thioether (sulfide) groups is 1. The Morgan fingerprint density at radius 2 is 2.12 bits per heavy atom. The van der Waals surface area contributed by atoms with E-state index in [4.69, 9.17) is 5.73 Å². The van der Waals surface area contributed by atoms with E-state index >= 15 is 0 Å². The van der Waals surface area contributed by atoms with Gasteiger partial charge in [-0.1, -0.05) is 12.1 Å². The van der Waals surface area contributed by atoms with E-state index in [1.54, 1.807) is 0 Å². The van der Waals surface area contributed by atoms with Crippen molar-refractivity contribution in [2.75, 3.05) is 30.5 Å². The average molecular weight is 252 g/mol. The third-order valence-electron chi connectivity index (χ3n) is 3.14. The number of hydrogen-bond donors (Lipinski definition) is 1. The summed E-state index contributed by atoms with van der Waals surface area (Å²) in [5.74, 6) is 1.15. The normalized spacial score (nSPS) is 12.5. The van der Waals surface area contributed by atoms with Crippen molar-refractivity contribution in [1.82, 2.24) is 0 Å². The molecule has 0 aromatic heterocycles. The topological polar surface area (TPSA) is 29.3 Å². The Bertz CT molecular complexity index is 352. The van der Waals surface area contributed by atoms with Crippen LogP contribution in [0.2, 0.25) is 0 Å². The number of benzene rings is 1. The van der Waals surface area contributed by atoms with Crippen molar-refractivity contribution in [1.29, 1.82) is 0 Å².